The lowest BCUT2D eigenvalue weighted by Gasteiger charge is -2.39. The molecule has 0 aromatic heterocycles. The number of amides is 1. The van der Waals surface area contributed by atoms with Gasteiger partial charge >= 0.3 is 0 Å². The van der Waals surface area contributed by atoms with Crippen LogP contribution >= 0.6 is 12.2 Å². The number of ether oxygens (including phenoxy) is 1. The van der Waals surface area contributed by atoms with E-state index >= 15 is 0 Å². The van der Waals surface area contributed by atoms with Gasteiger partial charge in [-0.15, -0.1) is 0 Å². The number of carbonyl (C=O) groups is 1. The number of thiocarbonyl (C=S) groups is 1. The van der Waals surface area contributed by atoms with Crippen molar-refractivity contribution >= 4 is 23.1 Å². The summed E-state index contributed by atoms with van der Waals surface area (Å²) < 4.78 is 5.02. The average Bonchev–Trinajstić information content (AvgIpc) is 2.28. The molecule has 4 nitrogen and oxygen atoms in total. The van der Waals surface area contributed by atoms with Gasteiger partial charge in [0.05, 0.1) is 4.99 Å². The monoisotopic (exact) mass is 244 g/mol. The Labute approximate surface area is 102 Å². The number of piperidine rings is 1. The topological polar surface area (TPSA) is 55.6 Å². The van der Waals surface area contributed by atoms with E-state index in [1.54, 1.807) is 14.0 Å². The van der Waals surface area contributed by atoms with Crippen LogP contribution in [0.3, 0.4) is 0 Å². The maximum atomic E-state index is 11.8. The molecule has 16 heavy (non-hydrogen) atoms. The molecule has 1 aliphatic heterocycles. The van der Waals surface area contributed by atoms with Crippen LogP contribution in [0.5, 0.6) is 0 Å². The third-order valence-electron chi connectivity index (χ3n) is 3.47. The van der Waals surface area contributed by atoms with Gasteiger partial charge in [0, 0.05) is 25.6 Å². The van der Waals surface area contributed by atoms with Gasteiger partial charge in [0.25, 0.3) is 5.91 Å². The Morgan fingerprint density at radius 1 is 1.50 bits per heavy atom. The Balaban J connectivity index is 2.55. The first kappa shape index (κ1) is 13.4. The van der Waals surface area contributed by atoms with Crippen molar-refractivity contribution in [2.45, 2.75) is 32.8 Å². The summed E-state index contributed by atoms with van der Waals surface area (Å²) in [7, 11) is 1.55. The number of nitrogens with two attached hydrogens (primary N) is 1. The summed E-state index contributed by atoms with van der Waals surface area (Å²) in [6, 6.07) is 0. The maximum absolute atomic E-state index is 11.8. The second-order valence-corrected chi connectivity index (χ2v) is 5.07. The Bertz CT molecular complexity index is 286. The SMILES string of the molecule is COC(C)C(=O)N1CCC(C)(C(N)=S)CC1. The van der Waals surface area contributed by atoms with Crippen LogP contribution in [0.2, 0.25) is 0 Å². The molecular weight excluding hydrogens is 224 g/mol. The zero-order chi connectivity index (χ0) is 12.3. The predicted octanol–water partition coefficient (Wildman–Crippen LogP) is 0.936. The number of methoxy groups -OCH3 is 1. The smallest absolute Gasteiger partial charge is 0.251 e. The molecule has 0 aromatic carbocycles. The van der Waals surface area contributed by atoms with Crippen LogP contribution in [-0.4, -0.2) is 42.1 Å². The molecule has 0 spiro atoms. The highest BCUT2D eigenvalue weighted by Gasteiger charge is 2.35. The van der Waals surface area contributed by atoms with E-state index in [-0.39, 0.29) is 17.4 Å². The molecule has 1 amide bonds. The van der Waals surface area contributed by atoms with Crippen molar-refractivity contribution in [2.24, 2.45) is 11.1 Å². The van der Waals surface area contributed by atoms with Gasteiger partial charge in [-0.2, -0.15) is 0 Å². The van der Waals surface area contributed by atoms with Gasteiger partial charge in [-0.3, -0.25) is 4.79 Å². The first-order valence-electron chi connectivity index (χ1n) is 5.52. The molecule has 1 heterocycles. The molecule has 1 aliphatic rings. The Morgan fingerprint density at radius 3 is 2.38 bits per heavy atom. The Kier molecular flexibility index (Phi) is 4.27. The van der Waals surface area contributed by atoms with Gasteiger partial charge in [0.15, 0.2) is 0 Å². The van der Waals surface area contributed by atoms with Crippen molar-refractivity contribution in [2.75, 3.05) is 20.2 Å². The lowest BCUT2D eigenvalue weighted by molar-refractivity contribution is -0.142. The summed E-state index contributed by atoms with van der Waals surface area (Å²) in [5.41, 5.74) is 5.62. The van der Waals surface area contributed by atoms with Crippen molar-refractivity contribution in [3.05, 3.63) is 0 Å². The van der Waals surface area contributed by atoms with E-state index in [4.69, 9.17) is 22.7 Å². The summed E-state index contributed by atoms with van der Waals surface area (Å²) in [6.45, 7) is 5.25. The highest BCUT2D eigenvalue weighted by atomic mass is 32.1. The van der Waals surface area contributed by atoms with E-state index in [9.17, 15) is 4.79 Å². The Hall–Kier alpha value is -0.680. The predicted molar refractivity (Wildman–Crippen MR) is 67.2 cm³/mol. The summed E-state index contributed by atoms with van der Waals surface area (Å²) in [4.78, 5) is 14.2. The fraction of sp³-hybridized carbons (Fsp3) is 0.818. The zero-order valence-electron chi connectivity index (χ0n) is 10.2. The normalized spacial score (nSPS) is 21.6. The van der Waals surface area contributed by atoms with Crippen molar-refractivity contribution in [3.8, 4) is 0 Å². The lowest BCUT2D eigenvalue weighted by Crippen LogP contribution is -2.49. The summed E-state index contributed by atoms with van der Waals surface area (Å²) in [6.07, 6.45) is 1.31. The van der Waals surface area contributed by atoms with Gasteiger partial charge in [-0.05, 0) is 19.8 Å². The fourth-order valence-corrected chi connectivity index (χ4v) is 2.03. The van der Waals surface area contributed by atoms with Crippen LogP contribution in [0.4, 0.5) is 0 Å². The number of hydrogen-bond donors (Lipinski definition) is 1. The third-order valence-corrected chi connectivity index (χ3v) is 3.97. The highest BCUT2D eigenvalue weighted by molar-refractivity contribution is 7.80. The minimum Gasteiger partial charge on any atom is -0.393 e. The quantitative estimate of drug-likeness (QED) is 0.751. The molecule has 0 aromatic rings. The van der Waals surface area contributed by atoms with Crippen LogP contribution in [-0.2, 0) is 9.53 Å². The van der Waals surface area contributed by atoms with Gasteiger partial charge in [0.2, 0.25) is 0 Å². The van der Waals surface area contributed by atoms with Crippen molar-refractivity contribution < 1.29 is 9.53 Å². The van der Waals surface area contributed by atoms with Gasteiger partial charge < -0.3 is 15.4 Å². The maximum Gasteiger partial charge on any atom is 0.251 e. The Morgan fingerprint density at radius 2 is 2.00 bits per heavy atom. The van der Waals surface area contributed by atoms with Gasteiger partial charge in [-0.25, -0.2) is 0 Å². The van der Waals surface area contributed by atoms with Crippen molar-refractivity contribution in [1.29, 1.82) is 0 Å². The second kappa shape index (κ2) is 5.10. The van der Waals surface area contributed by atoms with Crippen molar-refractivity contribution in [1.82, 2.24) is 4.90 Å². The van der Waals surface area contributed by atoms with Crippen LogP contribution in [0.25, 0.3) is 0 Å². The molecular formula is C11H20N2O2S. The van der Waals surface area contributed by atoms with E-state index in [0.717, 1.165) is 12.8 Å². The van der Waals surface area contributed by atoms with E-state index in [2.05, 4.69) is 6.92 Å². The largest absolute Gasteiger partial charge is 0.393 e. The summed E-state index contributed by atoms with van der Waals surface area (Å²) >= 11 is 5.06. The van der Waals surface area contributed by atoms with E-state index in [0.29, 0.717) is 18.1 Å². The first-order valence-corrected chi connectivity index (χ1v) is 5.93. The van der Waals surface area contributed by atoms with E-state index < -0.39 is 0 Å². The van der Waals surface area contributed by atoms with Crippen molar-refractivity contribution in [3.63, 3.8) is 0 Å². The van der Waals surface area contributed by atoms with E-state index in [1.807, 2.05) is 4.90 Å². The van der Waals surface area contributed by atoms with E-state index in [1.165, 1.54) is 0 Å². The molecule has 2 N–H and O–H groups in total. The number of carbonyl (C=O) groups excluding carboxylic acids is 1. The van der Waals surface area contributed by atoms with Gasteiger partial charge in [-0.1, -0.05) is 19.1 Å². The molecule has 1 fully saturated rings. The summed E-state index contributed by atoms with van der Waals surface area (Å²) in [5.74, 6) is 0.0486. The fourth-order valence-electron chi connectivity index (χ4n) is 1.82. The molecule has 1 rings (SSSR count). The third kappa shape index (κ3) is 2.71. The molecule has 1 atom stereocenters. The average molecular weight is 244 g/mol. The molecule has 0 saturated carbocycles. The summed E-state index contributed by atoms with van der Waals surface area (Å²) in [5, 5.41) is 0. The molecule has 0 radical (unpaired) electrons. The first-order chi connectivity index (χ1) is 7.40. The van der Waals surface area contributed by atoms with Gasteiger partial charge in [0.1, 0.15) is 6.10 Å². The molecule has 5 heteroatoms. The molecule has 0 bridgehead atoms. The minimum atomic E-state index is -0.366. The number of hydrogen-bond acceptors (Lipinski definition) is 3. The number of rotatable bonds is 3. The minimum absolute atomic E-state index is 0.0486. The molecule has 0 aliphatic carbocycles. The lowest BCUT2D eigenvalue weighted by atomic mass is 9.80. The number of nitrogens with zero attached hydrogens (tertiary/aromatic N) is 1. The second-order valence-electron chi connectivity index (χ2n) is 4.63. The van der Waals surface area contributed by atoms with Crippen LogP contribution in [0, 0.1) is 5.41 Å². The van der Waals surface area contributed by atoms with Crippen LogP contribution in [0.1, 0.15) is 26.7 Å². The molecule has 1 saturated heterocycles. The highest BCUT2D eigenvalue weighted by Crippen LogP contribution is 2.31. The van der Waals surface area contributed by atoms with Crippen LogP contribution in [0.15, 0.2) is 0 Å². The van der Waals surface area contributed by atoms with Crippen LogP contribution < -0.4 is 5.73 Å². The zero-order valence-corrected chi connectivity index (χ0v) is 11.0. The molecule has 92 valence electrons. The molecule has 1 unspecified atom stereocenters. The standard InChI is InChI=1S/C11H20N2O2S/c1-8(15-3)9(14)13-6-4-11(2,5-7-13)10(12)16/h8H,4-7H2,1-3H3,(H2,12,16). The number of likely N-dealkylation sites (tertiary alicyclic amines) is 1.